The molecule has 20 heavy (non-hydrogen) atoms. The zero-order valence-electron chi connectivity index (χ0n) is 11.1. The number of rotatable bonds is 3. The number of hydrogen-bond acceptors (Lipinski definition) is 5. The molecule has 6 nitrogen and oxygen atoms in total. The largest absolute Gasteiger partial charge is 0.467 e. The van der Waals surface area contributed by atoms with Gasteiger partial charge in [0.2, 0.25) is 5.91 Å². The first kappa shape index (κ1) is 14.0. The SMILES string of the molecule is COC(=O)[C@H]1CCC(=O)N1C(=O)OCc1ccccc1. The van der Waals surface area contributed by atoms with E-state index in [1.54, 1.807) is 12.1 Å². The van der Waals surface area contributed by atoms with E-state index in [-0.39, 0.29) is 19.4 Å². The van der Waals surface area contributed by atoms with E-state index >= 15 is 0 Å². The number of amides is 2. The van der Waals surface area contributed by atoms with E-state index in [4.69, 9.17) is 4.74 Å². The van der Waals surface area contributed by atoms with Gasteiger partial charge in [0.05, 0.1) is 7.11 Å². The van der Waals surface area contributed by atoms with Gasteiger partial charge in [0.15, 0.2) is 0 Å². The summed E-state index contributed by atoms with van der Waals surface area (Å²) in [5.74, 6) is -1.02. The number of methoxy groups -OCH3 is 1. The Balaban J connectivity index is 2.00. The minimum Gasteiger partial charge on any atom is -0.467 e. The molecule has 2 rings (SSSR count). The average molecular weight is 277 g/mol. The predicted octanol–water partition coefficient (Wildman–Crippen LogP) is 1.49. The Kier molecular flexibility index (Phi) is 4.34. The van der Waals surface area contributed by atoms with Gasteiger partial charge in [-0.1, -0.05) is 30.3 Å². The number of hydrogen-bond donors (Lipinski definition) is 0. The summed E-state index contributed by atoms with van der Waals surface area (Å²) in [6.45, 7) is 0.0529. The average Bonchev–Trinajstić information content (AvgIpc) is 2.87. The number of nitrogens with zero attached hydrogens (tertiary/aromatic N) is 1. The lowest BCUT2D eigenvalue weighted by Gasteiger charge is -2.20. The summed E-state index contributed by atoms with van der Waals surface area (Å²) < 4.78 is 9.65. The third-order valence-corrected chi connectivity index (χ3v) is 3.09. The monoisotopic (exact) mass is 277 g/mol. The predicted molar refractivity (Wildman–Crippen MR) is 68.5 cm³/mol. The minimum absolute atomic E-state index is 0.0529. The maximum absolute atomic E-state index is 11.9. The summed E-state index contributed by atoms with van der Waals surface area (Å²) in [5, 5.41) is 0. The van der Waals surface area contributed by atoms with E-state index < -0.39 is 24.0 Å². The van der Waals surface area contributed by atoms with Crippen molar-refractivity contribution in [3.05, 3.63) is 35.9 Å². The normalized spacial score (nSPS) is 17.9. The lowest BCUT2D eigenvalue weighted by Crippen LogP contribution is -2.43. The zero-order chi connectivity index (χ0) is 14.5. The molecule has 0 unspecified atom stereocenters. The van der Waals surface area contributed by atoms with Crippen molar-refractivity contribution in [2.45, 2.75) is 25.5 Å². The summed E-state index contributed by atoms with van der Waals surface area (Å²) in [4.78, 5) is 36.0. The number of esters is 1. The fourth-order valence-corrected chi connectivity index (χ4v) is 2.06. The van der Waals surface area contributed by atoms with E-state index in [0.717, 1.165) is 10.5 Å². The van der Waals surface area contributed by atoms with Crippen LogP contribution in [0, 0.1) is 0 Å². The second-order valence-corrected chi connectivity index (χ2v) is 4.38. The molecule has 1 saturated heterocycles. The molecule has 2 amide bonds. The molecule has 106 valence electrons. The van der Waals surface area contributed by atoms with Gasteiger partial charge in [-0.15, -0.1) is 0 Å². The summed E-state index contributed by atoms with van der Waals surface area (Å²) in [7, 11) is 1.22. The van der Waals surface area contributed by atoms with Gasteiger partial charge in [0.1, 0.15) is 12.6 Å². The molecule has 1 aliphatic rings. The molecule has 1 aromatic rings. The van der Waals surface area contributed by atoms with Crippen LogP contribution in [0.1, 0.15) is 18.4 Å². The number of benzene rings is 1. The molecule has 0 N–H and O–H groups in total. The van der Waals surface area contributed by atoms with Crippen LogP contribution in [0.5, 0.6) is 0 Å². The maximum Gasteiger partial charge on any atom is 0.417 e. The lowest BCUT2D eigenvalue weighted by atomic mass is 10.2. The van der Waals surface area contributed by atoms with Crippen molar-refractivity contribution >= 4 is 18.0 Å². The molecule has 1 aliphatic heterocycles. The number of ether oxygens (including phenoxy) is 2. The third kappa shape index (κ3) is 2.96. The van der Waals surface area contributed by atoms with Crippen molar-refractivity contribution < 1.29 is 23.9 Å². The standard InChI is InChI=1S/C14H15NO5/c1-19-13(17)11-7-8-12(16)15(11)14(18)20-9-10-5-3-2-4-6-10/h2-6,11H,7-9H2,1H3/t11-/m1/s1. The molecule has 0 radical (unpaired) electrons. The van der Waals surface area contributed by atoms with E-state index in [9.17, 15) is 14.4 Å². The van der Waals surface area contributed by atoms with E-state index in [2.05, 4.69) is 4.74 Å². The molecule has 0 saturated carbocycles. The first-order valence-electron chi connectivity index (χ1n) is 6.24. The van der Waals surface area contributed by atoms with Crippen molar-refractivity contribution in [1.29, 1.82) is 0 Å². The first-order valence-corrected chi connectivity index (χ1v) is 6.24. The van der Waals surface area contributed by atoms with Crippen molar-refractivity contribution in [2.24, 2.45) is 0 Å². The molecule has 0 spiro atoms. The molecule has 0 bridgehead atoms. The summed E-state index contributed by atoms with van der Waals surface area (Å²) in [6.07, 6.45) is -0.404. The van der Waals surface area contributed by atoms with Crippen LogP contribution in [-0.2, 0) is 25.7 Å². The van der Waals surface area contributed by atoms with Crippen molar-refractivity contribution in [2.75, 3.05) is 7.11 Å². The second-order valence-electron chi connectivity index (χ2n) is 4.38. The van der Waals surface area contributed by atoms with Crippen LogP contribution in [-0.4, -0.2) is 36.0 Å². The van der Waals surface area contributed by atoms with Gasteiger partial charge in [-0.2, -0.15) is 0 Å². The Morgan fingerprint density at radius 1 is 1.30 bits per heavy atom. The molecule has 1 fully saturated rings. The third-order valence-electron chi connectivity index (χ3n) is 3.09. The van der Waals surface area contributed by atoms with Gasteiger partial charge in [-0.3, -0.25) is 4.79 Å². The maximum atomic E-state index is 11.9. The van der Waals surface area contributed by atoms with E-state index in [1.807, 2.05) is 18.2 Å². The quantitative estimate of drug-likeness (QED) is 0.783. The summed E-state index contributed by atoms with van der Waals surface area (Å²) in [6, 6.07) is 8.22. The number of likely N-dealkylation sites (tertiary alicyclic amines) is 1. The van der Waals surface area contributed by atoms with Gasteiger partial charge >= 0.3 is 12.1 Å². The Morgan fingerprint density at radius 2 is 2.00 bits per heavy atom. The molecule has 1 heterocycles. The molecular formula is C14H15NO5. The minimum atomic E-state index is -0.879. The van der Waals surface area contributed by atoms with Crippen molar-refractivity contribution in [3.63, 3.8) is 0 Å². The lowest BCUT2D eigenvalue weighted by molar-refractivity contribution is -0.148. The van der Waals surface area contributed by atoms with Gasteiger partial charge in [-0.05, 0) is 12.0 Å². The number of imide groups is 1. The van der Waals surface area contributed by atoms with E-state index in [0.29, 0.717) is 0 Å². The summed E-state index contributed by atoms with van der Waals surface area (Å²) in [5.41, 5.74) is 0.808. The Bertz CT molecular complexity index is 514. The molecule has 0 aromatic heterocycles. The van der Waals surface area contributed by atoms with Crippen LogP contribution in [0.15, 0.2) is 30.3 Å². The smallest absolute Gasteiger partial charge is 0.417 e. The summed E-state index contributed by atoms with van der Waals surface area (Å²) >= 11 is 0. The van der Waals surface area contributed by atoms with Crippen LogP contribution in [0.25, 0.3) is 0 Å². The van der Waals surface area contributed by atoms with E-state index in [1.165, 1.54) is 7.11 Å². The van der Waals surface area contributed by atoms with Gasteiger partial charge < -0.3 is 9.47 Å². The molecule has 1 aromatic carbocycles. The molecular weight excluding hydrogens is 262 g/mol. The molecule has 1 atom stereocenters. The first-order chi connectivity index (χ1) is 9.63. The van der Waals surface area contributed by atoms with Crippen LogP contribution in [0.2, 0.25) is 0 Å². The molecule has 6 heteroatoms. The van der Waals surface area contributed by atoms with Crippen LogP contribution >= 0.6 is 0 Å². The highest BCUT2D eigenvalue weighted by Gasteiger charge is 2.41. The van der Waals surface area contributed by atoms with Crippen molar-refractivity contribution in [3.8, 4) is 0 Å². The Morgan fingerprint density at radius 3 is 2.65 bits per heavy atom. The number of carbonyl (C=O) groups excluding carboxylic acids is 3. The van der Waals surface area contributed by atoms with Gasteiger partial charge in [0, 0.05) is 6.42 Å². The highest BCUT2D eigenvalue weighted by Crippen LogP contribution is 2.21. The fourth-order valence-electron chi connectivity index (χ4n) is 2.06. The van der Waals surface area contributed by atoms with Crippen LogP contribution < -0.4 is 0 Å². The number of carbonyl (C=O) groups is 3. The highest BCUT2D eigenvalue weighted by molar-refractivity contribution is 5.99. The van der Waals surface area contributed by atoms with Crippen LogP contribution in [0.4, 0.5) is 4.79 Å². The van der Waals surface area contributed by atoms with Gasteiger partial charge in [0.25, 0.3) is 0 Å². The topological polar surface area (TPSA) is 72.9 Å². The molecule has 0 aliphatic carbocycles. The highest BCUT2D eigenvalue weighted by atomic mass is 16.6. The Hall–Kier alpha value is -2.37. The second kappa shape index (κ2) is 6.18. The zero-order valence-corrected chi connectivity index (χ0v) is 11.1. The fraction of sp³-hybridized carbons (Fsp3) is 0.357. The van der Waals surface area contributed by atoms with Crippen LogP contribution in [0.3, 0.4) is 0 Å². The van der Waals surface area contributed by atoms with Gasteiger partial charge in [-0.25, -0.2) is 14.5 Å². The van der Waals surface area contributed by atoms with Crippen molar-refractivity contribution in [1.82, 2.24) is 4.90 Å². The Labute approximate surface area is 116 Å².